The molecule has 154 valence electrons. The van der Waals surface area contributed by atoms with Crippen LogP contribution in [0.25, 0.3) is 11.0 Å². The van der Waals surface area contributed by atoms with Gasteiger partial charge in [0.2, 0.25) is 0 Å². The molecule has 0 aliphatic rings. The summed E-state index contributed by atoms with van der Waals surface area (Å²) in [5.41, 5.74) is 1.45. The van der Waals surface area contributed by atoms with E-state index in [4.69, 9.17) is 0 Å². The smallest absolute Gasteiger partial charge is 0.252 e. The van der Waals surface area contributed by atoms with Crippen molar-refractivity contribution in [2.75, 3.05) is 17.6 Å². The first-order valence-electron chi connectivity index (χ1n) is 9.69. The number of anilines is 1. The van der Waals surface area contributed by atoms with Crippen LogP contribution in [0.4, 0.5) is 5.82 Å². The Morgan fingerprint density at radius 3 is 2.93 bits per heavy atom. The van der Waals surface area contributed by atoms with Crippen molar-refractivity contribution in [2.45, 2.75) is 24.9 Å². The number of nitrogens with one attached hydrogen (secondary N) is 2. The zero-order valence-corrected chi connectivity index (χ0v) is 18.2. The summed E-state index contributed by atoms with van der Waals surface area (Å²) in [7, 11) is 0. The normalized spacial score (nSPS) is 11.0. The lowest BCUT2D eigenvalue weighted by atomic mass is 10.2. The summed E-state index contributed by atoms with van der Waals surface area (Å²) in [5, 5.41) is 13.7. The molecule has 0 atom stereocenters. The van der Waals surface area contributed by atoms with Crippen molar-refractivity contribution in [3.8, 4) is 0 Å². The third-order valence-corrected chi connectivity index (χ3v) is 6.32. The average molecular weight is 439 g/mol. The molecule has 9 heteroatoms. The van der Waals surface area contributed by atoms with Crippen LogP contribution in [0.2, 0.25) is 0 Å². The zero-order valence-electron chi connectivity index (χ0n) is 16.5. The Morgan fingerprint density at radius 1 is 1.20 bits per heavy atom. The van der Waals surface area contributed by atoms with Crippen LogP contribution in [0.15, 0.2) is 59.2 Å². The van der Waals surface area contributed by atoms with E-state index in [1.807, 2.05) is 30.3 Å². The molecule has 0 aliphatic carbocycles. The molecule has 0 aliphatic heterocycles. The third kappa shape index (κ3) is 4.63. The van der Waals surface area contributed by atoms with Gasteiger partial charge >= 0.3 is 0 Å². The number of carbonyl (C=O) groups is 1. The van der Waals surface area contributed by atoms with Crippen molar-refractivity contribution < 1.29 is 4.79 Å². The molecule has 0 saturated heterocycles. The van der Waals surface area contributed by atoms with E-state index in [0.717, 1.165) is 27.5 Å². The van der Waals surface area contributed by atoms with Crippen LogP contribution in [-0.2, 0) is 13.1 Å². The van der Waals surface area contributed by atoms with Crippen molar-refractivity contribution >= 4 is 45.9 Å². The van der Waals surface area contributed by atoms with Crippen LogP contribution in [0.1, 0.15) is 22.2 Å². The van der Waals surface area contributed by atoms with Gasteiger partial charge in [-0.25, -0.2) is 14.6 Å². The van der Waals surface area contributed by atoms with Crippen molar-refractivity contribution in [1.29, 1.82) is 0 Å². The van der Waals surface area contributed by atoms with Gasteiger partial charge in [-0.3, -0.25) is 4.79 Å². The molecule has 0 saturated carbocycles. The molecule has 1 aromatic carbocycles. The van der Waals surface area contributed by atoms with Crippen LogP contribution in [0, 0.1) is 0 Å². The number of nitrogens with zero attached hydrogens (tertiary/aromatic N) is 4. The van der Waals surface area contributed by atoms with Crippen molar-refractivity contribution in [1.82, 2.24) is 25.1 Å². The van der Waals surface area contributed by atoms with Gasteiger partial charge in [0.1, 0.15) is 12.1 Å². The van der Waals surface area contributed by atoms with E-state index in [9.17, 15) is 4.79 Å². The van der Waals surface area contributed by atoms with E-state index in [1.165, 1.54) is 11.2 Å². The molecular weight excluding hydrogens is 416 g/mol. The van der Waals surface area contributed by atoms with Gasteiger partial charge in [0.05, 0.1) is 30.2 Å². The van der Waals surface area contributed by atoms with Crippen LogP contribution >= 0.6 is 23.1 Å². The summed E-state index contributed by atoms with van der Waals surface area (Å²) in [6.45, 7) is 3.77. The molecule has 3 aromatic heterocycles. The minimum absolute atomic E-state index is 0.0732. The van der Waals surface area contributed by atoms with E-state index in [1.54, 1.807) is 34.0 Å². The molecule has 2 N–H and O–H groups in total. The molecule has 0 fully saturated rings. The Hall–Kier alpha value is -2.91. The monoisotopic (exact) mass is 438 g/mol. The van der Waals surface area contributed by atoms with E-state index in [0.29, 0.717) is 25.2 Å². The fourth-order valence-electron chi connectivity index (χ4n) is 3.09. The fourth-order valence-corrected chi connectivity index (χ4v) is 4.53. The molecule has 0 spiro atoms. The number of fused-ring (bicyclic) bond motifs is 1. The number of hydrogen-bond acceptors (Lipinski definition) is 7. The first-order valence-corrected chi connectivity index (χ1v) is 11.6. The average Bonchev–Trinajstić information content (AvgIpc) is 3.43. The fraction of sp³-hybridized carbons (Fsp3) is 0.238. The largest absolute Gasteiger partial charge is 0.364 e. The topological polar surface area (TPSA) is 84.7 Å². The summed E-state index contributed by atoms with van der Waals surface area (Å²) in [5.74, 6) is 1.61. The molecule has 4 rings (SSSR count). The Morgan fingerprint density at radius 2 is 2.10 bits per heavy atom. The summed E-state index contributed by atoms with van der Waals surface area (Å²) in [6, 6.07) is 11.8. The van der Waals surface area contributed by atoms with Crippen LogP contribution in [0.5, 0.6) is 0 Å². The summed E-state index contributed by atoms with van der Waals surface area (Å²) >= 11 is 3.37. The number of aromatic nitrogens is 4. The van der Waals surface area contributed by atoms with Crippen molar-refractivity contribution in [2.24, 2.45) is 0 Å². The van der Waals surface area contributed by atoms with Gasteiger partial charge < -0.3 is 10.6 Å². The van der Waals surface area contributed by atoms with Crippen LogP contribution < -0.4 is 10.6 Å². The van der Waals surface area contributed by atoms with E-state index >= 15 is 0 Å². The first-order chi connectivity index (χ1) is 14.8. The van der Waals surface area contributed by atoms with Gasteiger partial charge in [-0.15, -0.1) is 23.1 Å². The van der Waals surface area contributed by atoms with E-state index in [-0.39, 0.29) is 5.91 Å². The number of rotatable bonds is 9. The minimum Gasteiger partial charge on any atom is -0.364 e. The molecule has 0 bridgehead atoms. The molecule has 0 unspecified atom stereocenters. The lowest BCUT2D eigenvalue weighted by Crippen LogP contribution is -2.28. The Balaban J connectivity index is 1.40. The minimum atomic E-state index is -0.0732. The van der Waals surface area contributed by atoms with Crippen molar-refractivity contribution in [3.05, 3.63) is 64.7 Å². The second-order valence-electron chi connectivity index (χ2n) is 6.45. The number of carbonyl (C=O) groups excluding carboxylic acids is 1. The number of thiophene rings is 1. The highest BCUT2D eigenvalue weighted by atomic mass is 32.2. The predicted molar refractivity (Wildman–Crippen MR) is 122 cm³/mol. The highest BCUT2D eigenvalue weighted by molar-refractivity contribution is 7.99. The Bertz CT molecular complexity index is 1130. The van der Waals surface area contributed by atoms with E-state index < -0.39 is 0 Å². The molecule has 4 aromatic rings. The lowest BCUT2D eigenvalue weighted by molar-refractivity contribution is 0.0949. The highest BCUT2D eigenvalue weighted by Crippen LogP contribution is 2.22. The maximum absolute atomic E-state index is 12.6. The van der Waals surface area contributed by atoms with Gasteiger partial charge in [0, 0.05) is 16.3 Å². The van der Waals surface area contributed by atoms with Crippen LogP contribution in [0.3, 0.4) is 0 Å². The second-order valence-corrected chi connectivity index (χ2v) is 8.78. The molecule has 0 radical (unpaired) electrons. The second kappa shape index (κ2) is 9.73. The van der Waals surface area contributed by atoms with Gasteiger partial charge in [-0.1, -0.05) is 25.1 Å². The van der Waals surface area contributed by atoms with E-state index in [2.05, 4.69) is 44.1 Å². The third-order valence-electron chi connectivity index (χ3n) is 4.48. The van der Waals surface area contributed by atoms with Gasteiger partial charge in [0.15, 0.2) is 5.65 Å². The maximum atomic E-state index is 12.6. The summed E-state index contributed by atoms with van der Waals surface area (Å²) in [4.78, 5) is 23.6. The molecule has 1 amide bonds. The lowest BCUT2D eigenvalue weighted by Gasteiger charge is -2.10. The summed E-state index contributed by atoms with van der Waals surface area (Å²) < 4.78 is 1.79. The Labute approximate surface area is 182 Å². The van der Waals surface area contributed by atoms with Crippen molar-refractivity contribution in [3.63, 3.8) is 0 Å². The number of hydrogen-bond donors (Lipinski definition) is 2. The van der Waals surface area contributed by atoms with Gasteiger partial charge in [-0.05, 0) is 29.3 Å². The number of thioether (sulfide) groups is 1. The summed E-state index contributed by atoms with van der Waals surface area (Å²) in [6.07, 6.45) is 3.30. The number of amides is 1. The number of benzene rings is 1. The first kappa shape index (κ1) is 20.4. The molecule has 30 heavy (non-hydrogen) atoms. The zero-order chi connectivity index (χ0) is 20.8. The van der Waals surface area contributed by atoms with Gasteiger partial charge in [0.25, 0.3) is 5.91 Å². The quantitative estimate of drug-likeness (QED) is 0.384. The standard InChI is InChI=1S/C21H22N6OS2/c1-2-29-18-8-4-3-7-16(18)21(28)22-9-10-27-20-17(13-26-27)19(24-14-25-20)23-12-15-6-5-11-30-15/h3-8,11,13-14H,2,9-10,12H2,1H3,(H,22,28)(H,23,24,25). The molecule has 7 nitrogen and oxygen atoms in total. The molecule has 3 heterocycles. The highest BCUT2D eigenvalue weighted by Gasteiger charge is 2.12. The SMILES string of the molecule is CCSc1ccccc1C(=O)NCCn1ncc2c(NCc3cccs3)ncnc21. The van der Waals surface area contributed by atoms with Crippen LogP contribution in [-0.4, -0.2) is 38.0 Å². The predicted octanol–water partition coefficient (Wildman–Crippen LogP) is 4.04. The molecular formula is C21H22N6OS2. The van der Waals surface area contributed by atoms with Gasteiger partial charge in [-0.2, -0.15) is 5.10 Å². The Kier molecular flexibility index (Phi) is 6.60. The maximum Gasteiger partial charge on any atom is 0.252 e.